The van der Waals surface area contributed by atoms with Crippen LogP contribution in [-0.4, -0.2) is 12.1 Å². The van der Waals surface area contributed by atoms with E-state index in [-0.39, 0.29) is 12.1 Å². The quantitative estimate of drug-likeness (QED) is 0.277. The molecule has 136 valence electrons. The summed E-state index contributed by atoms with van der Waals surface area (Å²) in [5.41, 5.74) is 0.453. The summed E-state index contributed by atoms with van der Waals surface area (Å²) in [5, 5.41) is 0.452. The molecule has 1 aromatic carbocycles. The summed E-state index contributed by atoms with van der Waals surface area (Å²) in [6, 6.07) is 7.03. The van der Waals surface area contributed by atoms with Crippen molar-refractivity contribution in [1.82, 2.24) is 0 Å². The van der Waals surface area contributed by atoms with E-state index in [1.54, 1.807) is 18.2 Å². The van der Waals surface area contributed by atoms with Gasteiger partial charge in [0, 0.05) is 0 Å². The molecule has 1 atom stereocenters. The Kier molecular flexibility index (Phi) is 11.6. The van der Waals surface area contributed by atoms with E-state index in [0.717, 1.165) is 12.8 Å². The van der Waals surface area contributed by atoms with Crippen LogP contribution < -0.4 is 0 Å². The molecule has 0 bridgehead atoms. The first-order valence-electron chi connectivity index (χ1n) is 9.60. The molecule has 1 rings (SSSR count). The minimum atomic E-state index is -0.319. The first kappa shape index (κ1) is 21.0. The van der Waals surface area contributed by atoms with Crippen LogP contribution in [0.15, 0.2) is 24.3 Å². The lowest BCUT2D eigenvalue weighted by atomic mass is 10.0. The smallest absolute Gasteiger partial charge is 0.339 e. The second-order valence-electron chi connectivity index (χ2n) is 6.67. The van der Waals surface area contributed by atoms with Gasteiger partial charge < -0.3 is 4.74 Å². The molecule has 0 aliphatic heterocycles. The second-order valence-corrected chi connectivity index (χ2v) is 7.07. The first-order valence-corrected chi connectivity index (χ1v) is 9.98. The number of hydrogen-bond acceptors (Lipinski definition) is 2. The van der Waals surface area contributed by atoms with Crippen LogP contribution in [0.4, 0.5) is 0 Å². The zero-order valence-corrected chi connectivity index (χ0v) is 16.1. The van der Waals surface area contributed by atoms with Crippen LogP contribution in [0.3, 0.4) is 0 Å². The van der Waals surface area contributed by atoms with Crippen molar-refractivity contribution >= 4 is 17.6 Å². The van der Waals surface area contributed by atoms with Crippen LogP contribution in [-0.2, 0) is 4.74 Å². The predicted octanol–water partition coefficient (Wildman–Crippen LogP) is 7.20. The van der Waals surface area contributed by atoms with E-state index >= 15 is 0 Å². The van der Waals surface area contributed by atoms with Gasteiger partial charge in [-0.15, -0.1) is 0 Å². The maximum atomic E-state index is 12.1. The molecule has 24 heavy (non-hydrogen) atoms. The maximum Gasteiger partial charge on any atom is 0.339 e. The van der Waals surface area contributed by atoms with Gasteiger partial charge in [0.1, 0.15) is 0 Å². The number of carbonyl (C=O) groups is 1. The van der Waals surface area contributed by atoms with E-state index in [4.69, 9.17) is 16.3 Å². The zero-order valence-electron chi connectivity index (χ0n) is 15.4. The van der Waals surface area contributed by atoms with E-state index in [0.29, 0.717) is 10.6 Å². The fraction of sp³-hybridized carbons (Fsp3) is 0.667. The van der Waals surface area contributed by atoms with Gasteiger partial charge in [-0.3, -0.25) is 0 Å². The van der Waals surface area contributed by atoms with Gasteiger partial charge in [0.2, 0.25) is 0 Å². The number of rotatable bonds is 13. The summed E-state index contributed by atoms with van der Waals surface area (Å²) < 4.78 is 5.48. The molecule has 0 N–H and O–H groups in total. The molecule has 0 saturated heterocycles. The highest BCUT2D eigenvalue weighted by Crippen LogP contribution is 2.18. The fourth-order valence-corrected chi connectivity index (χ4v) is 3.06. The molecule has 0 spiro atoms. The summed E-state index contributed by atoms with van der Waals surface area (Å²) in [4.78, 5) is 12.1. The van der Waals surface area contributed by atoms with Crippen LogP contribution in [0.5, 0.6) is 0 Å². The summed E-state index contributed by atoms with van der Waals surface area (Å²) in [6.45, 7) is 4.22. The van der Waals surface area contributed by atoms with Gasteiger partial charge in [-0.25, -0.2) is 4.79 Å². The van der Waals surface area contributed by atoms with Gasteiger partial charge in [-0.1, -0.05) is 88.4 Å². The minimum Gasteiger partial charge on any atom is -0.459 e. The molecule has 0 heterocycles. The lowest BCUT2D eigenvalue weighted by Gasteiger charge is -2.13. The van der Waals surface area contributed by atoms with Gasteiger partial charge in [0.05, 0.1) is 16.7 Å². The summed E-state index contributed by atoms with van der Waals surface area (Å²) >= 11 is 6.02. The van der Waals surface area contributed by atoms with Crippen molar-refractivity contribution in [1.29, 1.82) is 0 Å². The SMILES string of the molecule is CCCCCCCCCCCCC(C)OC(=O)c1ccccc1Cl. The summed E-state index contributed by atoms with van der Waals surface area (Å²) in [5.74, 6) is -0.319. The molecule has 0 fully saturated rings. The topological polar surface area (TPSA) is 26.3 Å². The third kappa shape index (κ3) is 9.32. The van der Waals surface area contributed by atoms with Crippen LogP contribution >= 0.6 is 11.6 Å². The molecular formula is C21H33ClO2. The van der Waals surface area contributed by atoms with Crippen molar-refractivity contribution in [2.24, 2.45) is 0 Å². The molecule has 0 aliphatic carbocycles. The van der Waals surface area contributed by atoms with Crippen LogP contribution in [0.2, 0.25) is 5.02 Å². The van der Waals surface area contributed by atoms with Gasteiger partial charge >= 0.3 is 5.97 Å². The van der Waals surface area contributed by atoms with Crippen molar-refractivity contribution < 1.29 is 9.53 Å². The minimum absolute atomic E-state index is 0.0529. The molecule has 0 aliphatic rings. The number of esters is 1. The molecular weight excluding hydrogens is 320 g/mol. The normalized spacial score (nSPS) is 12.1. The van der Waals surface area contributed by atoms with Crippen molar-refractivity contribution in [3.05, 3.63) is 34.9 Å². The van der Waals surface area contributed by atoms with E-state index < -0.39 is 0 Å². The number of unbranched alkanes of at least 4 members (excludes halogenated alkanes) is 9. The number of benzene rings is 1. The second kappa shape index (κ2) is 13.3. The Morgan fingerprint density at radius 1 is 0.958 bits per heavy atom. The van der Waals surface area contributed by atoms with Crippen LogP contribution in [0.25, 0.3) is 0 Å². The van der Waals surface area contributed by atoms with Gasteiger partial charge in [-0.2, -0.15) is 0 Å². The Bertz CT molecular complexity index is 459. The molecule has 0 amide bonds. The monoisotopic (exact) mass is 352 g/mol. The number of hydrogen-bond donors (Lipinski definition) is 0. The van der Waals surface area contributed by atoms with Crippen LogP contribution in [0.1, 0.15) is 94.8 Å². The average Bonchev–Trinajstić information content (AvgIpc) is 2.57. The number of carbonyl (C=O) groups excluding carboxylic acids is 1. The Balaban J connectivity index is 2.03. The lowest BCUT2D eigenvalue weighted by Crippen LogP contribution is -2.15. The Labute approximate surface area is 152 Å². The van der Waals surface area contributed by atoms with Crippen molar-refractivity contribution in [2.45, 2.75) is 90.6 Å². The van der Waals surface area contributed by atoms with E-state index in [1.807, 2.05) is 13.0 Å². The first-order chi connectivity index (χ1) is 11.6. The highest BCUT2D eigenvalue weighted by molar-refractivity contribution is 6.33. The zero-order chi connectivity index (χ0) is 17.6. The van der Waals surface area contributed by atoms with Gasteiger partial charge in [0.15, 0.2) is 0 Å². The highest BCUT2D eigenvalue weighted by atomic mass is 35.5. The summed E-state index contributed by atoms with van der Waals surface area (Å²) in [7, 11) is 0. The number of ether oxygens (including phenoxy) is 1. The molecule has 3 heteroatoms. The molecule has 2 nitrogen and oxygen atoms in total. The highest BCUT2D eigenvalue weighted by Gasteiger charge is 2.14. The Morgan fingerprint density at radius 3 is 2.08 bits per heavy atom. The van der Waals surface area contributed by atoms with Crippen molar-refractivity contribution in [2.75, 3.05) is 0 Å². The standard InChI is InChI=1S/C21H33ClO2/c1-3-4-5-6-7-8-9-10-11-12-15-18(2)24-21(23)19-16-13-14-17-20(19)22/h13-14,16-18H,3-12,15H2,1-2H3. The third-order valence-electron chi connectivity index (χ3n) is 4.37. The molecule has 0 radical (unpaired) electrons. The third-order valence-corrected chi connectivity index (χ3v) is 4.70. The fourth-order valence-electron chi connectivity index (χ4n) is 2.85. The predicted molar refractivity (Wildman–Crippen MR) is 103 cm³/mol. The van der Waals surface area contributed by atoms with Crippen molar-refractivity contribution in [3.63, 3.8) is 0 Å². The molecule has 0 saturated carbocycles. The lowest BCUT2D eigenvalue weighted by molar-refractivity contribution is 0.0319. The average molecular weight is 353 g/mol. The summed E-state index contributed by atoms with van der Waals surface area (Å²) in [6.07, 6.45) is 14.1. The number of halogens is 1. The van der Waals surface area contributed by atoms with Gasteiger partial charge in [-0.05, 0) is 31.9 Å². The largest absolute Gasteiger partial charge is 0.459 e. The Hall–Kier alpha value is -1.02. The molecule has 1 unspecified atom stereocenters. The van der Waals surface area contributed by atoms with E-state index in [9.17, 15) is 4.79 Å². The maximum absolute atomic E-state index is 12.1. The van der Waals surface area contributed by atoms with Crippen LogP contribution in [0, 0.1) is 0 Å². The van der Waals surface area contributed by atoms with E-state index in [1.165, 1.54) is 57.8 Å². The Morgan fingerprint density at radius 2 is 1.50 bits per heavy atom. The van der Waals surface area contributed by atoms with Gasteiger partial charge in [0.25, 0.3) is 0 Å². The van der Waals surface area contributed by atoms with Crippen molar-refractivity contribution in [3.8, 4) is 0 Å². The molecule has 0 aromatic heterocycles. The van der Waals surface area contributed by atoms with E-state index in [2.05, 4.69) is 6.92 Å². The molecule has 1 aromatic rings.